The van der Waals surface area contributed by atoms with Crippen LogP contribution in [0.15, 0.2) is 12.1 Å². The van der Waals surface area contributed by atoms with Crippen molar-refractivity contribution in [3.05, 3.63) is 21.3 Å². The van der Waals surface area contributed by atoms with Crippen LogP contribution < -0.4 is 5.32 Å². The zero-order valence-corrected chi connectivity index (χ0v) is 11.4. The van der Waals surface area contributed by atoms with Crippen molar-refractivity contribution in [2.24, 2.45) is 0 Å². The monoisotopic (exact) mass is 257 g/mol. The first-order valence-electron chi connectivity index (χ1n) is 6.24. The van der Waals surface area contributed by atoms with E-state index in [4.69, 9.17) is 11.6 Å². The molecule has 1 fully saturated rings. The normalized spacial score (nSPS) is 19.1. The van der Waals surface area contributed by atoms with Gasteiger partial charge in [-0.25, -0.2) is 0 Å². The first-order chi connectivity index (χ1) is 7.74. The SMILES string of the molecule is CC(CCc1ccc(Cl)s1)NC1CCCC1. The van der Waals surface area contributed by atoms with Crippen LogP contribution in [0.3, 0.4) is 0 Å². The first-order valence-corrected chi connectivity index (χ1v) is 7.44. The molecule has 16 heavy (non-hydrogen) atoms. The molecule has 0 aliphatic heterocycles. The second-order valence-electron chi connectivity index (χ2n) is 4.79. The van der Waals surface area contributed by atoms with Crippen LogP contribution >= 0.6 is 22.9 Å². The molecule has 1 nitrogen and oxygen atoms in total. The maximum atomic E-state index is 5.92. The third kappa shape index (κ3) is 3.76. The highest BCUT2D eigenvalue weighted by Gasteiger charge is 2.16. The van der Waals surface area contributed by atoms with Crippen molar-refractivity contribution in [3.63, 3.8) is 0 Å². The number of thiophene rings is 1. The van der Waals surface area contributed by atoms with Crippen molar-refractivity contribution in [2.75, 3.05) is 0 Å². The molecule has 1 aliphatic carbocycles. The Morgan fingerprint density at radius 1 is 1.44 bits per heavy atom. The highest BCUT2D eigenvalue weighted by atomic mass is 35.5. The van der Waals surface area contributed by atoms with Gasteiger partial charge in [-0.15, -0.1) is 11.3 Å². The third-order valence-electron chi connectivity index (χ3n) is 3.33. The van der Waals surface area contributed by atoms with Crippen LogP contribution in [-0.4, -0.2) is 12.1 Å². The summed E-state index contributed by atoms with van der Waals surface area (Å²) >= 11 is 7.63. The smallest absolute Gasteiger partial charge is 0.0931 e. The number of aryl methyl sites for hydroxylation is 1. The van der Waals surface area contributed by atoms with Crippen molar-refractivity contribution in [1.29, 1.82) is 0 Å². The van der Waals surface area contributed by atoms with Crippen molar-refractivity contribution in [1.82, 2.24) is 5.32 Å². The molecule has 3 heteroatoms. The predicted molar refractivity (Wildman–Crippen MR) is 72.5 cm³/mol. The molecule has 1 N–H and O–H groups in total. The fraction of sp³-hybridized carbons (Fsp3) is 0.692. The highest BCUT2D eigenvalue weighted by molar-refractivity contribution is 7.16. The van der Waals surface area contributed by atoms with Crippen molar-refractivity contribution >= 4 is 22.9 Å². The van der Waals surface area contributed by atoms with E-state index in [1.807, 2.05) is 6.07 Å². The van der Waals surface area contributed by atoms with Gasteiger partial charge < -0.3 is 5.32 Å². The molecule has 1 saturated carbocycles. The zero-order valence-electron chi connectivity index (χ0n) is 9.84. The Morgan fingerprint density at radius 2 is 2.19 bits per heavy atom. The average Bonchev–Trinajstić information content (AvgIpc) is 2.87. The molecule has 0 radical (unpaired) electrons. The molecule has 0 spiro atoms. The van der Waals surface area contributed by atoms with Crippen LogP contribution in [0.1, 0.15) is 43.9 Å². The van der Waals surface area contributed by atoms with Crippen molar-refractivity contribution < 1.29 is 0 Å². The van der Waals surface area contributed by atoms with Gasteiger partial charge in [0.2, 0.25) is 0 Å². The van der Waals surface area contributed by atoms with Crippen LogP contribution in [0.4, 0.5) is 0 Å². The van der Waals surface area contributed by atoms with Gasteiger partial charge in [-0.3, -0.25) is 0 Å². The molecule has 1 unspecified atom stereocenters. The summed E-state index contributed by atoms with van der Waals surface area (Å²) < 4.78 is 0.909. The average molecular weight is 258 g/mol. The van der Waals surface area contributed by atoms with Gasteiger partial charge in [-0.2, -0.15) is 0 Å². The molecule has 1 atom stereocenters. The van der Waals surface area contributed by atoms with Gasteiger partial charge >= 0.3 is 0 Å². The van der Waals surface area contributed by atoms with E-state index in [1.165, 1.54) is 37.0 Å². The fourth-order valence-electron chi connectivity index (χ4n) is 2.42. The quantitative estimate of drug-likeness (QED) is 0.831. The van der Waals surface area contributed by atoms with E-state index in [0.717, 1.165) is 16.8 Å². The summed E-state index contributed by atoms with van der Waals surface area (Å²) in [6, 6.07) is 5.55. The second kappa shape index (κ2) is 6.04. The lowest BCUT2D eigenvalue weighted by molar-refractivity contribution is 0.432. The van der Waals surface area contributed by atoms with E-state index in [2.05, 4.69) is 18.3 Å². The zero-order chi connectivity index (χ0) is 11.4. The Bertz CT molecular complexity index is 317. The molecule has 0 bridgehead atoms. The number of rotatable bonds is 5. The topological polar surface area (TPSA) is 12.0 Å². The molecule has 2 rings (SSSR count). The molecule has 1 aromatic rings. The Balaban J connectivity index is 1.68. The van der Waals surface area contributed by atoms with Gasteiger partial charge in [-0.1, -0.05) is 24.4 Å². The summed E-state index contributed by atoms with van der Waals surface area (Å²) in [4.78, 5) is 1.41. The molecular weight excluding hydrogens is 238 g/mol. The first kappa shape index (κ1) is 12.4. The molecule has 0 aromatic carbocycles. The molecule has 0 amide bonds. The van der Waals surface area contributed by atoms with Gasteiger partial charge in [0.1, 0.15) is 0 Å². The van der Waals surface area contributed by atoms with E-state index >= 15 is 0 Å². The molecule has 1 aliphatic rings. The largest absolute Gasteiger partial charge is 0.311 e. The maximum absolute atomic E-state index is 5.92. The summed E-state index contributed by atoms with van der Waals surface area (Å²) in [6.07, 6.45) is 7.92. The van der Waals surface area contributed by atoms with Crippen LogP contribution in [0, 0.1) is 0 Å². The maximum Gasteiger partial charge on any atom is 0.0931 e. The van der Waals surface area contributed by atoms with E-state index in [0.29, 0.717) is 6.04 Å². The van der Waals surface area contributed by atoms with Crippen LogP contribution in [0.2, 0.25) is 4.34 Å². The Morgan fingerprint density at radius 3 is 2.81 bits per heavy atom. The Hall–Kier alpha value is -0.0500. The molecule has 1 aromatic heterocycles. The minimum atomic E-state index is 0.629. The van der Waals surface area contributed by atoms with Crippen LogP contribution in [0.5, 0.6) is 0 Å². The Labute approximate surface area is 107 Å². The second-order valence-corrected chi connectivity index (χ2v) is 6.59. The summed E-state index contributed by atoms with van der Waals surface area (Å²) in [5.74, 6) is 0. The summed E-state index contributed by atoms with van der Waals surface area (Å²) in [7, 11) is 0. The summed E-state index contributed by atoms with van der Waals surface area (Å²) in [5.41, 5.74) is 0. The van der Waals surface area contributed by atoms with E-state index < -0.39 is 0 Å². The lowest BCUT2D eigenvalue weighted by Gasteiger charge is -2.18. The minimum absolute atomic E-state index is 0.629. The standard InChI is InChI=1S/C13H20ClNS/c1-10(15-11-4-2-3-5-11)6-7-12-8-9-13(14)16-12/h8-11,15H,2-7H2,1H3. The number of hydrogen-bond donors (Lipinski definition) is 1. The summed E-state index contributed by atoms with van der Waals surface area (Å²) in [6.45, 7) is 2.30. The van der Waals surface area contributed by atoms with Gasteiger partial charge in [0.25, 0.3) is 0 Å². The fourth-order valence-corrected chi connectivity index (χ4v) is 3.53. The van der Waals surface area contributed by atoms with E-state index in [9.17, 15) is 0 Å². The van der Waals surface area contributed by atoms with Crippen molar-refractivity contribution in [3.8, 4) is 0 Å². The van der Waals surface area contributed by atoms with Gasteiger partial charge in [0.15, 0.2) is 0 Å². The number of hydrogen-bond acceptors (Lipinski definition) is 2. The molecule has 0 saturated heterocycles. The van der Waals surface area contributed by atoms with Crippen LogP contribution in [-0.2, 0) is 6.42 Å². The number of halogens is 1. The molecule has 1 heterocycles. The third-order valence-corrected chi connectivity index (χ3v) is 4.62. The minimum Gasteiger partial charge on any atom is -0.311 e. The lowest BCUT2D eigenvalue weighted by Crippen LogP contribution is -2.34. The van der Waals surface area contributed by atoms with Gasteiger partial charge in [0.05, 0.1) is 4.34 Å². The summed E-state index contributed by atoms with van der Waals surface area (Å²) in [5, 5.41) is 3.73. The Kier molecular flexibility index (Phi) is 4.68. The van der Waals surface area contributed by atoms with E-state index in [1.54, 1.807) is 11.3 Å². The molecule has 90 valence electrons. The van der Waals surface area contributed by atoms with Crippen LogP contribution in [0.25, 0.3) is 0 Å². The van der Waals surface area contributed by atoms with Gasteiger partial charge in [-0.05, 0) is 44.7 Å². The number of nitrogens with one attached hydrogen (secondary N) is 1. The predicted octanol–water partition coefficient (Wildman–Crippen LogP) is 4.25. The van der Waals surface area contributed by atoms with Gasteiger partial charge in [0, 0.05) is 17.0 Å². The van der Waals surface area contributed by atoms with E-state index in [-0.39, 0.29) is 0 Å². The lowest BCUT2D eigenvalue weighted by atomic mass is 10.1. The van der Waals surface area contributed by atoms with Crippen molar-refractivity contribution in [2.45, 2.75) is 57.5 Å². The highest BCUT2D eigenvalue weighted by Crippen LogP contribution is 2.23. The molecular formula is C13H20ClNS.